The summed E-state index contributed by atoms with van der Waals surface area (Å²) in [4.78, 5) is 4.19. The lowest BCUT2D eigenvalue weighted by Gasteiger charge is -2.46. The fraction of sp³-hybridized carbons (Fsp3) is 0.500. The molecule has 0 saturated carbocycles. The minimum atomic E-state index is -0.143. The minimum Gasteiger partial charge on any atom is -0.508 e. The summed E-state index contributed by atoms with van der Waals surface area (Å²) in [6.07, 6.45) is 2.69. The lowest BCUT2D eigenvalue weighted by atomic mass is 9.63. The van der Waals surface area contributed by atoms with E-state index in [9.17, 15) is 5.11 Å². The number of benzene rings is 1. The summed E-state index contributed by atoms with van der Waals surface area (Å²) < 4.78 is 0. The van der Waals surface area contributed by atoms with Gasteiger partial charge in [0.15, 0.2) is 5.16 Å². The Morgan fingerprint density at radius 2 is 2.13 bits per heavy atom. The predicted octanol–water partition coefficient (Wildman–Crippen LogP) is 2.19. The smallest absolute Gasteiger partial charge is 0.240 e. The van der Waals surface area contributed by atoms with Gasteiger partial charge in [0.2, 0.25) is 5.95 Å². The Morgan fingerprint density at radius 1 is 1.39 bits per heavy atom. The number of H-pyrrole nitrogens is 1. The van der Waals surface area contributed by atoms with Crippen molar-refractivity contribution in [3.8, 4) is 5.75 Å². The van der Waals surface area contributed by atoms with E-state index in [-0.39, 0.29) is 22.7 Å². The van der Waals surface area contributed by atoms with Gasteiger partial charge in [-0.3, -0.25) is 5.10 Å². The molecule has 2 atom stereocenters. The van der Waals surface area contributed by atoms with Crippen LogP contribution in [0.5, 0.6) is 5.75 Å². The van der Waals surface area contributed by atoms with Crippen LogP contribution in [-0.4, -0.2) is 31.6 Å². The standard InChI is InChI=1S/C16H23N5OS/c1-3-16(4-2)11-8-10(22)6-5-9(11)7-12(13(16)17)23-15-19-14(18)20-21-15/h5-6,8,12-13,22H,3-4,7,17H2,1-2H3,(H3,18,19,20,21). The van der Waals surface area contributed by atoms with Crippen LogP contribution < -0.4 is 11.5 Å². The molecule has 6 nitrogen and oxygen atoms in total. The van der Waals surface area contributed by atoms with Gasteiger partial charge in [-0.05, 0) is 42.5 Å². The van der Waals surface area contributed by atoms with Crippen molar-refractivity contribution in [2.75, 3.05) is 5.73 Å². The van der Waals surface area contributed by atoms with E-state index in [1.54, 1.807) is 17.8 Å². The van der Waals surface area contributed by atoms with Crippen LogP contribution in [0.1, 0.15) is 37.8 Å². The number of phenolic OH excluding ortho intramolecular Hbond substituents is 1. The van der Waals surface area contributed by atoms with E-state index in [1.165, 1.54) is 11.1 Å². The molecule has 0 radical (unpaired) electrons. The van der Waals surface area contributed by atoms with E-state index < -0.39 is 0 Å². The number of nitrogens with two attached hydrogens (primary N) is 2. The molecule has 1 heterocycles. The summed E-state index contributed by atoms with van der Waals surface area (Å²) in [5, 5.41) is 17.5. The number of aromatic amines is 1. The van der Waals surface area contributed by atoms with Crippen molar-refractivity contribution < 1.29 is 5.11 Å². The molecule has 2 aromatic rings. The second-order valence-corrected chi connectivity index (χ2v) is 7.32. The first kappa shape index (κ1) is 16.1. The number of thioether (sulfide) groups is 1. The van der Waals surface area contributed by atoms with Crippen LogP contribution in [0, 0.1) is 0 Å². The van der Waals surface area contributed by atoms with E-state index >= 15 is 0 Å². The number of nitrogens with one attached hydrogen (secondary N) is 1. The predicted molar refractivity (Wildman–Crippen MR) is 92.5 cm³/mol. The average molecular weight is 333 g/mol. The van der Waals surface area contributed by atoms with E-state index in [4.69, 9.17) is 11.5 Å². The molecule has 1 aliphatic rings. The Labute approximate surface area is 140 Å². The normalized spacial score (nSPS) is 22.7. The highest BCUT2D eigenvalue weighted by molar-refractivity contribution is 7.99. The number of rotatable bonds is 4. The third-order valence-electron chi connectivity index (χ3n) is 5.10. The fourth-order valence-corrected chi connectivity index (χ4v) is 4.96. The molecule has 0 fully saturated rings. The van der Waals surface area contributed by atoms with Gasteiger partial charge >= 0.3 is 0 Å². The first-order valence-corrected chi connectivity index (χ1v) is 8.80. The molecular formula is C16H23N5OS. The number of aromatic nitrogens is 3. The van der Waals surface area contributed by atoms with Crippen molar-refractivity contribution in [1.82, 2.24) is 15.2 Å². The van der Waals surface area contributed by atoms with Crippen LogP contribution in [-0.2, 0) is 11.8 Å². The summed E-state index contributed by atoms with van der Waals surface area (Å²) in [5.41, 5.74) is 14.6. The van der Waals surface area contributed by atoms with Crippen LogP contribution in [0.4, 0.5) is 5.95 Å². The number of hydrogen-bond acceptors (Lipinski definition) is 6. The molecule has 1 aliphatic carbocycles. The largest absolute Gasteiger partial charge is 0.508 e. The number of hydrogen-bond donors (Lipinski definition) is 4. The van der Waals surface area contributed by atoms with Gasteiger partial charge in [0.25, 0.3) is 0 Å². The Balaban J connectivity index is 2.00. The zero-order valence-corrected chi connectivity index (χ0v) is 14.2. The third-order valence-corrected chi connectivity index (χ3v) is 6.27. The van der Waals surface area contributed by atoms with Gasteiger partial charge in [0.05, 0.1) is 0 Å². The van der Waals surface area contributed by atoms with Gasteiger partial charge in [0, 0.05) is 16.7 Å². The number of anilines is 1. The average Bonchev–Trinajstić information content (AvgIpc) is 2.95. The Kier molecular flexibility index (Phi) is 4.25. The molecule has 6 N–H and O–H groups in total. The molecule has 2 unspecified atom stereocenters. The molecule has 124 valence electrons. The van der Waals surface area contributed by atoms with Crippen molar-refractivity contribution in [2.24, 2.45) is 5.73 Å². The molecule has 1 aromatic carbocycles. The van der Waals surface area contributed by atoms with Crippen LogP contribution in [0.3, 0.4) is 0 Å². The maximum atomic E-state index is 9.92. The van der Waals surface area contributed by atoms with Crippen LogP contribution in [0.25, 0.3) is 0 Å². The van der Waals surface area contributed by atoms with E-state index in [0.29, 0.717) is 10.9 Å². The summed E-state index contributed by atoms with van der Waals surface area (Å²) in [6, 6.07) is 5.61. The molecule has 23 heavy (non-hydrogen) atoms. The second kappa shape index (κ2) is 6.05. The summed E-state index contributed by atoms with van der Waals surface area (Å²) in [5.74, 6) is 0.552. The van der Waals surface area contributed by atoms with Crippen molar-refractivity contribution in [3.63, 3.8) is 0 Å². The molecule has 0 aliphatic heterocycles. The molecule has 0 bridgehead atoms. The van der Waals surface area contributed by atoms with E-state index in [2.05, 4.69) is 29.0 Å². The summed E-state index contributed by atoms with van der Waals surface area (Å²) >= 11 is 1.60. The van der Waals surface area contributed by atoms with E-state index in [1.807, 2.05) is 12.1 Å². The summed E-state index contributed by atoms with van der Waals surface area (Å²) in [7, 11) is 0. The maximum Gasteiger partial charge on any atom is 0.240 e. The monoisotopic (exact) mass is 333 g/mol. The SMILES string of the molecule is CCC1(CC)c2cc(O)ccc2CC(Sc2nc(N)n[nH]2)C1N. The highest BCUT2D eigenvalue weighted by Crippen LogP contribution is 2.46. The minimum absolute atomic E-state index is 0.0388. The van der Waals surface area contributed by atoms with Crippen LogP contribution in [0.2, 0.25) is 0 Å². The summed E-state index contributed by atoms with van der Waals surface area (Å²) in [6.45, 7) is 4.33. The lowest BCUT2D eigenvalue weighted by molar-refractivity contribution is 0.290. The highest BCUT2D eigenvalue weighted by Gasteiger charge is 2.45. The third kappa shape index (κ3) is 2.68. The molecule has 1 aromatic heterocycles. The molecular weight excluding hydrogens is 310 g/mol. The van der Waals surface area contributed by atoms with Crippen LogP contribution in [0.15, 0.2) is 23.4 Å². The quantitative estimate of drug-likeness (QED) is 0.682. The van der Waals surface area contributed by atoms with Crippen LogP contribution >= 0.6 is 11.8 Å². The van der Waals surface area contributed by atoms with Crippen molar-refractivity contribution >= 4 is 17.7 Å². The van der Waals surface area contributed by atoms with Gasteiger partial charge < -0.3 is 16.6 Å². The van der Waals surface area contributed by atoms with Gasteiger partial charge in [-0.1, -0.05) is 31.7 Å². The first-order chi connectivity index (χ1) is 11.0. The number of aromatic hydroxyl groups is 1. The first-order valence-electron chi connectivity index (χ1n) is 7.92. The molecule has 7 heteroatoms. The number of nitrogen functional groups attached to an aromatic ring is 1. The Bertz CT molecular complexity index is 698. The molecule has 0 saturated heterocycles. The van der Waals surface area contributed by atoms with E-state index in [0.717, 1.165) is 19.3 Å². The van der Waals surface area contributed by atoms with Crippen molar-refractivity contribution in [3.05, 3.63) is 29.3 Å². The van der Waals surface area contributed by atoms with Gasteiger partial charge in [0.1, 0.15) is 5.75 Å². The second-order valence-electron chi connectivity index (χ2n) is 6.09. The fourth-order valence-electron chi connectivity index (χ4n) is 3.76. The zero-order valence-electron chi connectivity index (χ0n) is 13.4. The molecule has 0 amide bonds. The zero-order chi connectivity index (χ0) is 16.6. The Morgan fingerprint density at radius 3 is 2.74 bits per heavy atom. The molecule has 3 rings (SSSR count). The van der Waals surface area contributed by atoms with Gasteiger partial charge in [-0.2, -0.15) is 4.98 Å². The van der Waals surface area contributed by atoms with Gasteiger partial charge in [-0.15, -0.1) is 5.10 Å². The maximum absolute atomic E-state index is 9.92. The van der Waals surface area contributed by atoms with Crippen molar-refractivity contribution in [2.45, 2.75) is 55.0 Å². The molecule has 0 spiro atoms. The Hall–Kier alpha value is -1.73. The number of fused-ring (bicyclic) bond motifs is 1. The highest BCUT2D eigenvalue weighted by atomic mass is 32.2. The number of phenols is 1. The van der Waals surface area contributed by atoms with Gasteiger partial charge in [-0.25, -0.2) is 0 Å². The number of nitrogens with zero attached hydrogens (tertiary/aromatic N) is 2. The van der Waals surface area contributed by atoms with Crippen molar-refractivity contribution in [1.29, 1.82) is 0 Å². The lowest BCUT2D eigenvalue weighted by Crippen LogP contribution is -2.55. The topological polar surface area (TPSA) is 114 Å².